The molecule has 3 aromatic rings. The highest BCUT2D eigenvalue weighted by atomic mass is 32.2. The van der Waals surface area contributed by atoms with E-state index in [1.807, 2.05) is 37.3 Å². The lowest BCUT2D eigenvalue weighted by Crippen LogP contribution is -2.20. The fourth-order valence-electron chi connectivity index (χ4n) is 2.42. The summed E-state index contributed by atoms with van der Waals surface area (Å²) < 4.78 is 32.8. The predicted molar refractivity (Wildman–Crippen MR) is 109 cm³/mol. The number of benzene rings is 3. The molecular weight excluding hydrogens is 376 g/mol. The number of sulfonamides is 1. The first-order chi connectivity index (χ1) is 13.4. The van der Waals surface area contributed by atoms with Crippen molar-refractivity contribution in [3.8, 4) is 5.75 Å². The number of ether oxygens (including phenoxy) is 1. The Kier molecular flexibility index (Phi) is 5.96. The highest BCUT2D eigenvalue weighted by Gasteiger charge is 2.14. The molecule has 144 valence electrons. The van der Waals surface area contributed by atoms with Crippen LogP contribution in [0.25, 0.3) is 0 Å². The van der Waals surface area contributed by atoms with Crippen LogP contribution in [0.4, 0.5) is 11.4 Å². The van der Waals surface area contributed by atoms with Crippen LogP contribution in [0.5, 0.6) is 5.75 Å². The molecule has 0 radical (unpaired) electrons. The van der Waals surface area contributed by atoms with Gasteiger partial charge in [0.25, 0.3) is 15.9 Å². The smallest absolute Gasteiger partial charge is 0.262 e. The second kappa shape index (κ2) is 8.58. The van der Waals surface area contributed by atoms with Crippen LogP contribution in [0.3, 0.4) is 0 Å². The quantitative estimate of drug-likeness (QED) is 0.636. The fourth-order valence-corrected chi connectivity index (χ4v) is 3.47. The molecule has 3 aromatic carbocycles. The normalized spacial score (nSPS) is 10.9. The van der Waals surface area contributed by atoms with Crippen molar-refractivity contribution in [2.45, 2.75) is 11.8 Å². The predicted octanol–water partition coefficient (Wildman–Crippen LogP) is 3.81. The molecule has 0 atom stereocenters. The van der Waals surface area contributed by atoms with Crippen LogP contribution in [-0.4, -0.2) is 20.9 Å². The van der Waals surface area contributed by atoms with Gasteiger partial charge in [-0.1, -0.05) is 35.9 Å². The minimum atomic E-state index is -3.71. The monoisotopic (exact) mass is 396 g/mol. The van der Waals surface area contributed by atoms with Crippen molar-refractivity contribution in [1.29, 1.82) is 0 Å². The Morgan fingerprint density at radius 2 is 1.46 bits per heavy atom. The van der Waals surface area contributed by atoms with Gasteiger partial charge in [0.2, 0.25) is 0 Å². The van der Waals surface area contributed by atoms with Crippen LogP contribution in [0.1, 0.15) is 5.56 Å². The lowest BCUT2D eigenvalue weighted by Gasteiger charge is -2.10. The van der Waals surface area contributed by atoms with Gasteiger partial charge in [0.05, 0.1) is 4.90 Å². The summed E-state index contributed by atoms with van der Waals surface area (Å²) in [4.78, 5) is 12.1. The third kappa shape index (κ3) is 5.34. The highest BCUT2D eigenvalue weighted by Crippen LogP contribution is 2.19. The zero-order valence-electron chi connectivity index (χ0n) is 15.3. The maximum Gasteiger partial charge on any atom is 0.262 e. The number of carbonyl (C=O) groups excluding carboxylic acids is 1. The van der Waals surface area contributed by atoms with E-state index in [-0.39, 0.29) is 17.4 Å². The van der Waals surface area contributed by atoms with E-state index in [2.05, 4.69) is 10.0 Å². The Labute approximate surface area is 164 Å². The second-order valence-corrected chi connectivity index (χ2v) is 7.83. The Morgan fingerprint density at radius 1 is 0.857 bits per heavy atom. The third-order valence-corrected chi connectivity index (χ3v) is 5.26. The molecule has 7 heteroatoms. The number of anilines is 2. The molecule has 2 N–H and O–H groups in total. The lowest BCUT2D eigenvalue weighted by atomic mass is 10.2. The first kappa shape index (κ1) is 19.4. The summed E-state index contributed by atoms with van der Waals surface area (Å²) in [5.41, 5.74) is 2.01. The molecule has 0 unspecified atom stereocenters. The molecule has 0 aliphatic rings. The number of rotatable bonds is 7. The Hall–Kier alpha value is -3.32. The summed E-state index contributed by atoms with van der Waals surface area (Å²) >= 11 is 0. The molecule has 1 amide bonds. The lowest BCUT2D eigenvalue weighted by molar-refractivity contribution is -0.118. The van der Waals surface area contributed by atoms with Crippen LogP contribution in [0.2, 0.25) is 0 Å². The van der Waals surface area contributed by atoms with Crippen molar-refractivity contribution < 1.29 is 17.9 Å². The van der Waals surface area contributed by atoms with E-state index in [0.717, 1.165) is 5.56 Å². The van der Waals surface area contributed by atoms with E-state index in [1.165, 1.54) is 24.3 Å². The second-order valence-electron chi connectivity index (χ2n) is 6.15. The van der Waals surface area contributed by atoms with Crippen LogP contribution in [0, 0.1) is 6.92 Å². The first-order valence-electron chi connectivity index (χ1n) is 8.60. The summed E-state index contributed by atoms with van der Waals surface area (Å²) in [6, 6.07) is 22.0. The van der Waals surface area contributed by atoms with Crippen molar-refractivity contribution in [3.05, 3.63) is 84.4 Å². The first-order valence-corrected chi connectivity index (χ1v) is 10.1. The van der Waals surface area contributed by atoms with Gasteiger partial charge in [-0.25, -0.2) is 8.42 Å². The summed E-state index contributed by atoms with van der Waals surface area (Å²) in [5, 5.41) is 2.67. The van der Waals surface area contributed by atoms with Crippen LogP contribution >= 0.6 is 0 Å². The average Bonchev–Trinajstić information content (AvgIpc) is 2.69. The summed E-state index contributed by atoms with van der Waals surface area (Å²) in [7, 11) is -3.71. The average molecular weight is 396 g/mol. The molecule has 0 spiro atoms. The minimum Gasteiger partial charge on any atom is -0.484 e. The molecule has 28 heavy (non-hydrogen) atoms. The Bertz CT molecular complexity index is 1030. The number of carbonyl (C=O) groups is 1. The van der Waals surface area contributed by atoms with Gasteiger partial charge >= 0.3 is 0 Å². The van der Waals surface area contributed by atoms with Gasteiger partial charge in [0.1, 0.15) is 5.75 Å². The van der Waals surface area contributed by atoms with E-state index in [4.69, 9.17) is 4.74 Å². The molecular formula is C21H20N2O4S. The molecule has 6 nitrogen and oxygen atoms in total. The highest BCUT2D eigenvalue weighted by molar-refractivity contribution is 7.92. The van der Waals surface area contributed by atoms with Crippen LogP contribution in [-0.2, 0) is 14.8 Å². The van der Waals surface area contributed by atoms with Crippen molar-refractivity contribution in [2.24, 2.45) is 0 Å². The molecule has 0 aromatic heterocycles. The van der Waals surface area contributed by atoms with E-state index < -0.39 is 10.0 Å². The van der Waals surface area contributed by atoms with Crippen molar-refractivity contribution in [1.82, 2.24) is 0 Å². The zero-order valence-corrected chi connectivity index (χ0v) is 16.1. The number of hydrogen-bond donors (Lipinski definition) is 2. The fraction of sp³-hybridized carbons (Fsp3) is 0.0952. The number of amides is 1. The van der Waals surface area contributed by atoms with Gasteiger partial charge in [-0.3, -0.25) is 9.52 Å². The van der Waals surface area contributed by atoms with E-state index >= 15 is 0 Å². The summed E-state index contributed by atoms with van der Waals surface area (Å²) in [6.07, 6.45) is 0. The van der Waals surface area contributed by atoms with Crippen molar-refractivity contribution in [2.75, 3.05) is 16.6 Å². The Morgan fingerprint density at radius 3 is 2.11 bits per heavy atom. The van der Waals surface area contributed by atoms with Gasteiger partial charge in [-0.2, -0.15) is 0 Å². The van der Waals surface area contributed by atoms with Gasteiger partial charge < -0.3 is 10.1 Å². The molecule has 0 bridgehead atoms. The number of aryl methyl sites for hydroxylation is 1. The number of nitrogens with one attached hydrogen (secondary N) is 2. The Balaban J connectivity index is 1.59. The summed E-state index contributed by atoms with van der Waals surface area (Å²) in [6.45, 7) is 1.79. The maximum atomic E-state index is 12.5. The third-order valence-electron chi connectivity index (χ3n) is 3.87. The van der Waals surface area contributed by atoms with E-state index in [9.17, 15) is 13.2 Å². The molecule has 0 aliphatic heterocycles. The van der Waals surface area contributed by atoms with Gasteiger partial charge in [-0.05, 0) is 55.5 Å². The molecule has 0 heterocycles. The van der Waals surface area contributed by atoms with Crippen molar-refractivity contribution in [3.63, 3.8) is 0 Å². The zero-order chi connectivity index (χ0) is 20.0. The SMILES string of the molecule is Cc1ccc(NS(=O)(=O)c2ccc(NC(=O)COc3ccccc3)cc2)cc1. The minimum absolute atomic E-state index is 0.103. The van der Waals surface area contributed by atoms with Gasteiger partial charge in [-0.15, -0.1) is 0 Å². The standard InChI is InChI=1S/C21H20N2O4S/c1-16-7-9-18(10-8-16)23-28(25,26)20-13-11-17(12-14-20)22-21(24)15-27-19-5-3-2-4-6-19/h2-14,23H,15H2,1H3,(H,22,24). The van der Waals surface area contributed by atoms with Crippen molar-refractivity contribution >= 4 is 27.3 Å². The number of hydrogen-bond acceptors (Lipinski definition) is 4. The number of para-hydroxylation sites is 1. The maximum absolute atomic E-state index is 12.5. The van der Waals surface area contributed by atoms with Gasteiger partial charge in [0.15, 0.2) is 6.61 Å². The van der Waals surface area contributed by atoms with E-state index in [1.54, 1.807) is 24.3 Å². The van der Waals surface area contributed by atoms with Gasteiger partial charge in [0, 0.05) is 11.4 Å². The topological polar surface area (TPSA) is 84.5 Å². The molecule has 0 saturated heterocycles. The summed E-state index contributed by atoms with van der Waals surface area (Å²) in [5.74, 6) is 0.263. The molecule has 0 aliphatic carbocycles. The van der Waals surface area contributed by atoms with E-state index in [0.29, 0.717) is 17.1 Å². The molecule has 0 saturated carbocycles. The van der Waals surface area contributed by atoms with Crippen LogP contribution < -0.4 is 14.8 Å². The molecule has 0 fully saturated rings. The van der Waals surface area contributed by atoms with Crippen LogP contribution in [0.15, 0.2) is 83.8 Å². The largest absolute Gasteiger partial charge is 0.484 e. The molecule has 3 rings (SSSR count).